The zero-order valence-corrected chi connectivity index (χ0v) is 29.3. The van der Waals surface area contributed by atoms with E-state index in [-0.39, 0.29) is 11.5 Å². The first-order valence-electron chi connectivity index (χ1n) is 18.1. The normalized spacial score (nSPS) is 17.1. The number of allylic oxidation sites excluding steroid dienone is 2. The van der Waals surface area contributed by atoms with Crippen molar-refractivity contribution >= 4 is 38.9 Å². The van der Waals surface area contributed by atoms with Crippen molar-refractivity contribution in [3.05, 3.63) is 197 Å². The van der Waals surface area contributed by atoms with Gasteiger partial charge in [-0.25, -0.2) is 4.99 Å². The van der Waals surface area contributed by atoms with Gasteiger partial charge in [-0.2, -0.15) is 0 Å². The molecule has 0 fully saturated rings. The number of nitrogens with one attached hydrogen (secondary N) is 2. The Hall–Kier alpha value is -6.39. The molecule has 52 heavy (non-hydrogen) atoms. The van der Waals surface area contributed by atoms with E-state index in [0.29, 0.717) is 0 Å². The van der Waals surface area contributed by atoms with Crippen LogP contribution in [0.4, 0.5) is 0 Å². The summed E-state index contributed by atoms with van der Waals surface area (Å²) in [7, 11) is 0. The van der Waals surface area contributed by atoms with Crippen molar-refractivity contribution in [1.82, 2.24) is 15.2 Å². The topological polar surface area (TPSA) is 41.4 Å². The Morgan fingerprint density at radius 2 is 1.31 bits per heavy atom. The molecule has 1 aromatic heterocycles. The van der Waals surface area contributed by atoms with Crippen molar-refractivity contribution in [3.63, 3.8) is 0 Å². The highest BCUT2D eigenvalue weighted by molar-refractivity contribution is 6.09. The van der Waals surface area contributed by atoms with Gasteiger partial charge < -0.3 is 15.2 Å². The average Bonchev–Trinajstić information content (AvgIpc) is 3.66. The fourth-order valence-corrected chi connectivity index (χ4v) is 8.41. The van der Waals surface area contributed by atoms with E-state index in [1.807, 2.05) is 0 Å². The SMILES string of the molecule is CC1(C)c2ccc(C3C=C(c4ccc(C5=CNCC=C5)cc4)N=C(c4ccccc4)N3)cc2-c2cc(-n3c4ccccc4c4ccccc43)ccc21. The molecule has 10 rings (SSSR count). The second-order valence-electron chi connectivity index (χ2n) is 14.5. The van der Waals surface area contributed by atoms with E-state index >= 15 is 0 Å². The molecule has 3 aliphatic rings. The second-order valence-corrected chi connectivity index (χ2v) is 14.5. The Morgan fingerprint density at radius 1 is 0.654 bits per heavy atom. The number of rotatable bonds is 5. The fourth-order valence-electron chi connectivity index (χ4n) is 8.41. The Bertz CT molecular complexity index is 2610. The molecule has 0 spiro atoms. The summed E-state index contributed by atoms with van der Waals surface area (Å²) in [6.07, 6.45) is 8.69. The maximum Gasteiger partial charge on any atom is 0.134 e. The number of aliphatic imine (C=N–C) groups is 1. The van der Waals surface area contributed by atoms with Crippen LogP contribution in [-0.4, -0.2) is 16.9 Å². The molecule has 0 bridgehead atoms. The van der Waals surface area contributed by atoms with Crippen molar-refractivity contribution in [2.75, 3.05) is 6.54 Å². The molecular weight excluding hydrogens is 633 g/mol. The van der Waals surface area contributed by atoms with Gasteiger partial charge in [0.05, 0.1) is 22.8 Å². The number of nitrogens with zero attached hydrogens (tertiary/aromatic N) is 2. The minimum Gasteiger partial charge on any atom is -0.387 e. The number of hydrogen-bond acceptors (Lipinski definition) is 3. The molecular formula is C48H38N4. The van der Waals surface area contributed by atoms with Crippen LogP contribution >= 0.6 is 0 Å². The average molecular weight is 671 g/mol. The van der Waals surface area contributed by atoms with Crippen LogP contribution in [0.3, 0.4) is 0 Å². The van der Waals surface area contributed by atoms with Crippen molar-refractivity contribution in [3.8, 4) is 16.8 Å². The van der Waals surface area contributed by atoms with Gasteiger partial charge in [-0.05, 0) is 80.9 Å². The standard InChI is InChI=1S/C48H38N4/c1-48(2)41-24-22-34(27-39(41)40-28-36(23-25-42(40)48)52-45-16-8-6-14-37(45)38-15-7-9-17-46(38)52)44-29-43(50-47(51-44)33-11-4-3-5-12-33)32-20-18-31(19-21-32)35-13-10-26-49-30-35/h3-25,27-30,44,49H,26H2,1-2H3,(H,50,51). The predicted molar refractivity (Wildman–Crippen MR) is 217 cm³/mol. The van der Waals surface area contributed by atoms with Crippen LogP contribution < -0.4 is 10.6 Å². The van der Waals surface area contributed by atoms with Crippen LogP contribution in [0.1, 0.15) is 53.3 Å². The lowest BCUT2D eigenvalue weighted by atomic mass is 9.82. The summed E-state index contributed by atoms with van der Waals surface area (Å²) in [4.78, 5) is 5.18. The quantitative estimate of drug-likeness (QED) is 0.191. The van der Waals surface area contributed by atoms with Crippen LogP contribution in [0.5, 0.6) is 0 Å². The highest BCUT2D eigenvalue weighted by Crippen LogP contribution is 2.50. The van der Waals surface area contributed by atoms with E-state index in [0.717, 1.165) is 29.2 Å². The molecule has 0 saturated heterocycles. The van der Waals surface area contributed by atoms with Crippen LogP contribution in [0.15, 0.2) is 169 Å². The van der Waals surface area contributed by atoms with E-state index in [9.17, 15) is 0 Å². The molecule has 250 valence electrons. The molecule has 1 unspecified atom stereocenters. The summed E-state index contributed by atoms with van der Waals surface area (Å²) in [6, 6.07) is 50.8. The van der Waals surface area contributed by atoms with Gasteiger partial charge >= 0.3 is 0 Å². The Kier molecular flexibility index (Phi) is 6.94. The lowest BCUT2D eigenvalue weighted by Gasteiger charge is -2.26. The number of benzene rings is 6. The molecule has 4 heteroatoms. The van der Waals surface area contributed by atoms with Crippen LogP contribution in [0.25, 0.3) is 49.9 Å². The van der Waals surface area contributed by atoms with E-state index in [4.69, 9.17) is 4.99 Å². The summed E-state index contributed by atoms with van der Waals surface area (Å²) >= 11 is 0. The number of hydrogen-bond donors (Lipinski definition) is 2. The maximum absolute atomic E-state index is 5.18. The first kappa shape index (κ1) is 30.4. The fraction of sp³-hybridized carbons (Fsp3) is 0.104. The van der Waals surface area contributed by atoms with Crippen molar-refractivity contribution in [2.24, 2.45) is 4.99 Å². The number of aromatic nitrogens is 1. The number of fused-ring (bicyclic) bond motifs is 6. The van der Waals surface area contributed by atoms with Gasteiger partial charge in [0.1, 0.15) is 5.84 Å². The van der Waals surface area contributed by atoms with Crippen LogP contribution in [-0.2, 0) is 5.41 Å². The lowest BCUT2D eigenvalue weighted by Crippen LogP contribution is -2.31. The second kappa shape index (κ2) is 11.9. The van der Waals surface area contributed by atoms with E-state index in [2.05, 4.69) is 193 Å². The molecule has 0 radical (unpaired) electrons. The molecule has 2 aliphatic heterocycles. The number of para-hydroxylation sites is 2. The predicted octanol–water partition coefficient (Wildman–Crippen LogP) is 10.7. The molecule has 7 aromatic rings. The smallest absolute Gasteiger partial charge is 0.134 e. The highest BCUT2D eigenvalue weighted by atomic mass is 15.0. The van der Waals surface area contributed by atoms with E-state index in [1.54, 1.807) is 0 Å². The van der Waals surface area contributed by atoms with Gasteiger partial charge in [-0.3, -0.25) is 0 Å². The van der Waals surface area contributed by atoms with Gasteiger partial charge in [-0.1, -0.05) is 135 Å². The van der Waals surface area contributed by atoms with Gasteiger partial charge in [0.25, 0.3) is 0 Å². The van der Waals surface area contributed by atoms with E-state index in [1.165, 1.54) is 66.4 Å². The monoisotopic (exact) mass is 670 g/mol. The molecule has 0 saturated carbocycles. The molecule has 4 nitrogen and oxygen atoms in total. The van der Waals surface area contributed by atoms with Crippen molar-refractivity contribution < 1.29 is 0 Å². The Labute approximate surface area is 304 Å². The third kappa shape index (κ3) is 4.86. The Balaban J connectivity index is 1.08. The third-order valence-electron chi connectivity index (χ3n) is 11.1. The van der Waals surface area contributed by atoms with Gasteiger partial charge in [0, 0.05) is 40.2 Å². The molecule has 1 aliphatic carbocycles. The maximum atomic E-state index is 5.18. The summed E-state index contributed by atoms with van der Waals surface area (Å²) in [5.74, 6) is 0.879. The van der Waals surface area contributed by atoms with Crippen molar-refractivity contribution in [2.45, 2.75) is 25.3 Å². The van der Waals surface area contributed by atoms with Gasteiger partial charge in [-0.15, -0.1) is 0 Å². The largest absolute Gasteiger partial charge is 0.387 e. The molecule has 6 aromatic carbocycles. The van der Waals surface area contributed by atoms with Gasteiger partial charge in [0.2, 0.25) is 0 Å². The number of amidine groups is 1. The third-order valence-corrected chi connectivity index (χ3v) is 11.1. The molecule has 1 atom stereocenters. The molecule has 3 heterocycles. The first-order chi connectivity index (χ1) is 25.5. The Morgan fingerprint density at radius 3 is 2.02 bits per heavy atom. The van der Waals surface area contributed by atoms with E-state index < -0.39 is 0 Å². The molecule has 2 N–H and O–H groups in total. The summed E-state index contributed by atoms with van der Waals surface area (Å²) in [5, 5.41) is 9.67. The van der Waals surface area contributed by atoms with Gasteiger partial charge in [0.15, 0.2) is 0 Å². The summed E-state index contributed by atoms with van der Waals surface area (Å²) in [5.41, 5.74) is 15.6. The number of dihydropyridines is 1. The summed E-state index contributed by atoms with van der Waals surface area (Å²) < 4.78 is 2.42. The summed E-state index contributed by atoms with van der Waals surface area (Å²) in [6.45, 7) is 5.58. The molecule has 0 amide bonds. The highest BCUT2D eigenvalue weighted by Gasteiger charge is 2.36. The zero-order chi connectivity index (χ0) is 34.8. The van der Waals surface area contributed by atoms with Crippen LogP contribution in [0, 0.1) is 0 Å². The minimum absolute atomic E-state index is 0.0615. The first-order valence-corrected chi connectivity index (χ1v) is 18.1. The minimum atomic E-state index is -0.111. The lowest BCUT2D eigenvalue weighted by molar-refractivity contribution is 0.659. The zero-order valence-electron chi connectivity index (χ0n) is 29.3. The van der Waals surface area contributed by atoms with Crippen molar-refractivity contribution in [1.29, 1.82) is 0 Å². The van der Waals surface area contributed by atoms with Crippen LogP contribution in [0.2, 0.25) is 0 Å².